The number of carbonyl (C=O) groups excluding carboxylic acids is 1. The summed E-state index contributed by atoms with van der Waals surface area (Å²) >= 11 is 3.08. The minimum Gasteiger partial charge on any atom is -0.360 e. The van der Waals surface area contributed by atoms with Crippen molar-refractivity contribution in [3.05, 3.63) is 29.1 Å². The largest absolute Gasteiger partial charge is 0.360 e. The van der Waals surface area contributed by atoms with Crippen molar-refractivity contribution < 1.29 is 9.32 Å². The van der Waals surface area contributed by atoms with Crippen LogP contribution in [0.1, 0.15) is 24.5 Å². The van der Waals surface area contributed by atoms with Crippen LogP contribution in [-0.2, 0) is 11.2 Å². The first-order valence-electron chi connectivity index (χ1n) is 7.21. The van der Waals surface area contributed by atoms with Crippen molar-refractivity contribution in [1.82, 2.24) is 15.1 Å². The van der Waals surface area contributed by atoms with E-state index in [-0.39, 0.29) is 11.2 Å². The lowest BCUT2D eigenvalue weighted by Crippen LogP contribution is -2.22. The second kappa shape index (κ2) is 6.67. The van der Waals surface area contributed by atoms with Gasteiger partial charge in [0, 0.05) is 16.3 Å². The molecule has 1 unspecified atom stereocenters. The zero-order valence-electron chi connectivity index (χ0n) is 13.0. The molecule has 3 heterocycles. The predicted octanol–water partition coefficient (Wildman–Crippen LogP) is 3.67. The van der Waals surface area contributed by atoms with Gasteiger partial charge in [0.2, 0.25) is 5.91 Å². The number of nitrogens with zero attached hydrogens (tertiary/aromatic N) is 3. The lowest BCUT2D eigenvalue weighted by molar-refractivity contribution is -0.115. The molecule has 1 N–H and O–H groups in total. The summed E-state index contributed by atoms with van der Waals surface area (Å²) in [6, 6.07) is 3.79. The number of hydrogen-bond acceptors (Lipinski definition) is 7. The Morgan fingerprint density at radius 3 is 2.96 bits per heavy atom. The summed E-state index contributed by atoms with van der Waals surface area (Å²) in [4.78, 5) is 23.1. The molecule has 0 saturated carbocycles. The number of nitrogens with one attached hydrogen (secondary N) is 1. The molecule has 3 aromatic heterocycles. The number of aryl methyl sites for hydroxylation is 2. The first-order valence-corrected chi connectivity index (χ1v) is 8.90. The highest BCUT2D eigenvalue weighted by molar-refractivity contribution is 8.00. The summed E-state index contributed by atoms with van der Waals surface area (Å²) < 4.78 is 4.95. The zero-order chi connectivity index (χ0) is 16.4. The Hall–Kier alpha value is -1.93. The minimum absolute atomic E-state index is 0.138. The number of hydrogen-bond donors (Lipinski definition) is 1. The standard InChI is InChI=1S/C15H16N4O2S2/c1-4-10-6-11-14(16-7-17-15(11)23-10)22-9(3)13(20)18-12-5-8(2)21-19-12/h5-7,9H,4H2,1-3H3,(H,18,19,20). The first kappa shape index (κ1) is 15.9. The first-order chi connectivity index (χ1) is 11.1. The second-order valence-electron chi connectivity index (χ2n) is 5.04. The Kier molecular flexibility index (Phi) is 4.63. The summed E-state index contributed by atoms with van der Waals surface area (Å²) in [5, 5.41) is 8.04. The Morgan fingerprint density at radius 1 is 1.43 bits per heavy atom. The third kappa shape index (κ3) is 3.53. The quantitative estimate of drug-likeness (QED) is 0.560. The topological polar surface area (TPSA) is 80.9 Å². The highest BCUT2D eigenvalue weighted by Crippen LogP contribution is 2.33. The van der Waals surface area contributed by atoms with E-state index in [9.17, 15) is 4.79 Å². The van der Waals surface area contributed by atoms with Crippen molar-refractivity contribution in [2.24, 2.45) is 0 Å². The molecule has 0 aliphatic rings. The summed E-state index contributed by atoms with van der Waals surface area (Å²) in [5.41, 5.74) is 0. The third-order valence-electron chi connectivity index (χ3n) is 3.23. The van der Waals surface area contributed by atoms with Gasteiger partial charge in [-0.2, -0.15) is 0 Å². The summed E-state index contributed by atoms with van der Waals surface area (Å²) in [7, 11) is 0. The number of thioether (sulfide) groups is 1. The van der Waals surface area contributed by atoms with Crippen molar-refractivity contribution in [2.45, 2.75) is 37.5 Å². The van der Waals surface area contributed by atoms with Crippen LogP contribution in [0.15, 0.2) is 28.0 Å². The molecule has 23 heavy (non-hydrogen) atoms. The van der Waals surface area contributed by atoms with Crippen molar-refractivity contribution in [2.75, 3.05) is 5.32 Å². The molecule has 0 aliphatic heterocycles. The van der Waals surface area contributed by atoms with E-state index in [2.05, 4.69) is 33.4 Å². The maximum absolute atomic E-state index is 12.3. The number of anilines is 1. The van der Waals surface area contributed by atoms with Crippen LogP contribution in [-0.4, -0.2) is 26.3 Å². The van der Waals surface area contributed by atoms with Crippen molar-refractivity contribution in [3.8, 4) is 0 Å². The Bertz CT molecular complexity index is 843. The zero-order valence-corrected chi connectivity index (χ0v) is 14.6. The monoisotopic (exact) mass is 348 g/mol. The van der Waals surface area contributed by atoms with Gasteiger partial charge in [0.25, 0.3) is 0 Å². The minimum atomic E-state index is -0.310. The molecule has 6 nitrogen and oxygen atoms in total. The van der Waals surface area contributed by atoms with Crippen molar-refractivity contribution in [3.63, 3.8) is 0 Å². The van der Waals surface area contributed by atoms with E-state index in [4.69, 9.17) is 4.52 Å². The van der Waals surface area contributed by atoms with Crippen LogP contribution in [0.4, 0.5) is 5.82 Å². The van der Waals surface area contributed by atoms with Gasteiger partial charge < -0.3 is 9.84 Å². The average Bonchev–Trinajstić information content (AvgIpc) is 3.13. The van der Waals surface area contributed by atoms with Crippen LogP contribution in [0.5, 0.6) is 0 Å². The van der Waals surface area contributed by atoms with Crippen LogP contribution in [0.25, 0.3) is 10.2 Å². The lowest BCUT2D eigenvalue weighted by atomic mass is 10.3. The van der Waals surface area contributed by atoms with Crippen molar-refractivity contribution >= 4 is 45.0 Å². The lowest BCUT2D eigenvalue weighted by Gasteiger charge is -2.10. The maximum Gasteiger partial charge on any atom is 0.238 e. The van der Waals surface area contributed by atoms with Crippen LogP contribution < -0.4 is 5.32 Å². The molecule has 0 bridgehead atoms. The van der Waals surface area contributed by atoms with Gasteiger partial charge >= 0.3 is 0 Å². The number of amides is 1. The van der Waals surface area contributed by atoms with E-state index < -0.39 is 0 Å². The fraction of sp³-hybridized carbons (Fsp3) is 0.333. The predicted molar refractivity (Wildman–Crippen MR) is 92.0 cm³/mol. The number of fused-ring (bicyclic) bond motifs is 1. The van der Waals surface area contributed by atoms with Gasteiger partial charge in [-0.1, -0.05) is 23.8 Å². The fourth-order valence-electron chi connectivity index (χ4n) is 2.03. The summed E-state index contributed by atoms with van der Waals surface area (Å²) in [5.74, 6) is 0.945. The number of rotatable bonds is 5. The second-order valence-corrected chi connectivity index (χ2v) is 7.48. The van der Waals surface area contributed by atoms with E-state index in [1.54, 1.807) is 30.7 Å². The normalized spacial score (nSPS) is 12.5. The number of aromatic nitrogens is 3. The van der Waals surface area contributed by atoms with E-state index in [1.165, 1.54) is 16.6 Å². The van der Waals surface area contributed by atoms with Gasteiger partial charge in [-0.15, -0.1) is 11.3 Å². The average molecular weight is 348 g/mol. The van der Waals surface area contributed by atoms with Gasteiger partial charge in [-0.25, -0.2) is 9.97 Å². The van der Waals surface area contributed by atoms with Crippen molar-refractivity contribution in [1.29, 1.82) is 0 Å². The van der Waals surface area contributed by atoms with Gasteiger partial charge in [0.15, 0.2) is 5.82 Å². The summed E-state index contributed by atoms with van der Waals surface area (Å²) in [6.07, 6.45) is 2.51. The maximum atomic E-state index is 12.3. The van der Waals surface area contributed by atoms with E-state index >= 15 is 0 Å². The molecule has 3 aromatic rings. The van der Waals surface area contributed by atoms with E-state index in [1.807, 2.05) is 6.92 Å². The molecule has 0 radical (unpaired) electrons. The summed E-state index contributed by atoms with van der Waals surface area (Å²) in [6.45, 7) is 5.73. The fourth-order valence-corrected chi connectivity index (χ4v) is 3.92. The third-order valence-corrected chi connectivity index (χ3v) is 5.53. The van der Waals surface area contributed by atoms with Gasteiger partial charge in [0.1, 0.15) is 21.9 Å². The molecule has 120 valence electrons. The van der Waals surface area contributed by atoms with Crippen LogP contribution in [0.3, 0.4) is 0 Å². The molecular formula is C15H16N4O2S2. The Labute approximate surface area is 141 Å². The Balaban J connectivity index is 1.75. The molecule has 8 heteroatoms. The highest BCUT2D eigenvalue weighted by Gasteiger charge is 2.19. The van der Waals surface area contributed by atoms with Gasteiger partial charge in [0.05, 0.1) is 5.25 Å². The number of carbonyl (C=O) groups is 1. The molecule has 0 aromatic carbocycles. The molecule has 1 amide bonds. The Morgan fingerprint density at radius 2 is 2.26 bits per heavy atom. The molecule has 1 atom stereocenters. The molecule has 0 fully saturated rings. The molecule has 3 rings (SSSR count). The SMILES string of the molecule is CCc1cc2c(SC(C)C(=O)Nc3cc(C)on3)ncnc2s1. The highest BCUT2D eigenvalue weighted by atomic mass is 32.2. The molecule has 0 spiro atoms. The van der Waals surface area contributed by atoms with E-state index in [0.717, 1.165) is 21.7 Å². The molecule has 0 saturated heterocycles. The van der Waals surface area contributed by atoms with Crippen LogP contribution in [0, 0.1) is 6.92 Å². The van der Waals surface area contributed by atoms with Crippen LogP contribution in [0.2, 0.25) is 0 Å². The van der Waals surface area contributed by atoms with Gasteiger partial charge in [-0.3, -0.25) is 4.79 Å². The van der Waals surface area contributed by atoms with Gasteiger partial charge in [-0.05, 0) is 26.3 Å². The number of thiophene rings is 1. The van der Waals surface area contributed by atoms with Crippen LogP contribution >= 0.6 is 23.1 Å². The molecule has 0 aliphatic carbocycles. The smallest absolute Gasteiger partial charge is 0.238 e. The molecular weight excluding hydrogens is 332 g/mol. The van der Waals surface area contributed by atoms with E-state index in [0.29, 0.717) is 11.6 Å².